The van der Waals surface area contributed by atoms with Crippen molar-refractivity contribution in [2.24, 2.45) is 0 Å². The summed E-state index contributed by atoms with van der Waals surface area (Å²) < 4.78 is 16.3. The first kappa shape index (κ1) is 16.2. The molecule has 0 aromatic rings. The van der Waals surface area contributed by atoms with Gasteiger partial charge in [-0.3, -0.25) is 0 Å². The maximum Gasteiger partial charge on any atom is 0.407 e. The molecule has 6 heteroatoms. The van der Waals surface area contributed by atoms with Crippen molar-refractivity contribution in [1.82, 2.24) is 5.32 Å². The van der Waals surface area contributed by atoms with Crippen molar-refractivity contribution in [2.45, 2.75) is 64.6 Å². The van der Waals surface area contributed by atoms with Crippen molar-refractivity contribution >= 4 is 6.09 Å². The second-order valence-corrected chi connectivity index (χ2v) is 6.11. The zero-order valence-electron chi connectivity index (χ0n) is 12.4. The Morgan fingerprint density at radius 1 is 1.32 bits per heavy atom. The molecule has 1 fully saturated rings. The quantitative estimate of drug-likeness (QED) is 0.811. The van der Waals surface area contributed by atoms with Crippen molar-refractivity contribution in [1.29, 1.82) is 0 Å². The van der Waals surface area contributed by atoms with Gasteiger partial charge in [0.1, 0.15) is 11.7 Å². The van der Waals surface area contributed by atoms with Crippen molar-refractivity contribution in [2.75, 3.05) is 13.2 Å². The van der Waals surface area contributed by atoms with Crippen LogP contribution in [0, 0.1) is 0 Å². The van der Waals surface area contributed by atoms with Crippen LogP contribution >= 0.6 is 0 Å². The van der Waals surface area contributed by atoms with Crippen LogP contribution in [-0.2, 0) is 14.2 Å². The third-order valence-electron chi connectivity index (χ3n) is 2.56. The molecule has 1 saturated heterocycles. The zero-order chi connectivity index (χ0) is 14.7. The van der Waals surface area contributed by atoms with Gasteiger partial charge in [-0.2, -0.15) is 0 Å². The van der Waals surface area contributed by atoms with Gasteiger partial charge < -0.3 is 24.6 Å². The number of nitrogens with one attached hydrogen (secondary N) is 1. The van der Waals surface area contributed by atoms with Crippen LogP contribution in [0.15, 0.2) is 0 Å². The molecule has 2 atom stereocenters. The van der Waals surface area contributed by atoms with E-state index in [0.29, 0.717) is 13.0 Å². The summed E-state index contributed by atoms with van der Waals surface area (Å²) in [7, 11) is 0. The Bertz CT molecular complexity index is 311. The topological polar surface area (TPSA) is 77.0 Å². The second kappa shape index (κ2) is 6.07. The van der Waals surface area contributed by atoms with Crippen LogP contribution in [0.4, 0.5) is 4.79 Å². The number of carbonyl (C=O) groups is 1. The largest absolute Gasteiger partial charge is 0.444 e. The monoisotopic (exact) mass is 275 g/mol. The molecule has 1 aliphatic heterocycles. The van der Waals surface area contributed by atoms with Crippen LogP contribution in [0.5, 0.6) is 0 Å². The fourth-order valence-electron chi connectivity index (χ4n) is 1.94. The van der Waals surface area contributed by atoms with Gasteiger partial charge in [-0.05, 0) is 41.0 Å². The van der Waals surface area contributed by atoms with E-state index in [2.05, 4.69) is 5.32 Å². The summed E-state index contributed by atoms with van der Waals surface area (Å²) in [5, 5.41) is 11.9. The van der Waals surface area contributed by atoms with Crippen LogP contribution in [0.3, 0.4) is 0 Å². The fraction of sp³-hybridized carbons (Fsp3) is 0.923. The van der Waals surface area contributed by atoms with Crippen molar-refractivity contribution in [3.05, 3.63) is 0 Å². The van der Waals surface area contributed by atoms with E-state index in [9.17, 15) is 9.90 Å². The number of aliphatic hydroxyl groups excluding tert-OH is 1. The molecule has 19 heavy (non-hydrogen) atoms. The smallest absolute Gasteiger partial charge is 0.407 e. The van der Waals surface area contributed by atoms with Gasteiger partial charge >= 0.3 is 6.09 Å². The van der Waals surface area contributed by atoms with E-state index in [1.54, 1.807) is 13.8 Å². The SMILES string of the molecule is CC(C)(C)OC(=O)NCC[C@H]1OC(C)(C)O[C@H]1CO. The van der Waals surface area contributed by atoms with Gasteiger partial charge in [0.15, 0.2) is 5.79 Å². The third kappa shape index (κ3) is 5.76. The normalized spacial score (nSPS) is 26.2. The van der Waals surface area contributed by atoms with Crippen molar-refractivity contribution in [3.8, 4) is 0 Å². The van der Waals surface area contributed by atoms with Gasteiger partial charge in [0.25, 0.3) is 0 Å². The lowest BCUT2D eigenvalue weighted by Gasteiger charge is -2.20. The highest BCUT2D eigenvalue weighted by molar-refractivity contribution is 5.67. The lowest BCUT2D eigenvalue weighted by molar-refractivity contribution is -0.149. The van der Waals surface area contributed by atoms with E-state index < -0.39 is 17.5 Å². The average Bonchev–Trinajstić information content (AvgIpc) is 2.50. The minimum atomic E-state index is -0.690. The molecule has 0 aromatic carbocycles. The Labute approximate surface area is 114 Å². The summed E-state index contributed by atoms with van der Waals surface area (Å²) in [5.41, 5.74) is -0.507. The maximum absolute atomic E-state index is 11.5. The van der Waals surface area contributed by atoms with Gasteiger partial charge in [0.05, 0.1) is 12.7 Å². The van der Waals surface area contributed by atoms with Gasteiger partial charge in [0, 0.05) is 6.54 Å². The molecule has 1 rings (SSSR count). The van der Waals surface area contributed by atoms with E-state index in [0.717, 1.165) is 0 Å². The minimum absolute atomic E-state index is 0.0967. The van der Waals surface area contributed by atoms with Crippen LogP contribution < -0.4 is 5.32 Å². The zero-order valence-corrected chi connectivity index (χ0v) is 12.4. The molecule has 112 valence electrons. The van der Waals surface area contributed by atoms with Crippen molar-refractivity contribution in [3.63, 3.8) is 0 Å². The van der Waals surface area contributed by atoms with Crippen LogP contribution in [0.25, 0.3) is 0 Å². The highest BCUT2D eigenvalue weighted by Crippen LogP contribution is 2.29. The first-order valence-corrected chi connectivity index (χ1v) is 6.56. The predicted molar refractivity (Wildman–Crippen MR) is 69.8 cm³/mol. The molecule has 0 spiro atoms. The van der Waals surface area contributed by atoms with Crippen LogP contribution in [0.1, 0.15) is 41.0 Å². The number of hydrogen-bond donors (Lipinski definition) is 2. The number of aliphatic hydroxyl groups is 1. The number of carbonyl (C=O) groups excluding carboxylic acids is 1. The molecule has 0 saturated carbocycles. The van der Waals surface area contributed by atoms with Crippen LogP contribution in [-0.4, -0.2) is 47.9 Å². The predicted octanol–water partition coefficient (Wildman–Crippen LogP) is 1.41. The number of rotatable bonds is 4. The molecule has 0 radical (unpaired) electrons. The molecule has 0 bridgehead atoms. The molecular formula is C13H25NO5. The first-order valence-electron chi connectivity index (χ1n) is 6.56. The Hall–Kier alpha value is -0.850. The number of alkyl carbamates (subject to hydrolysis) is 1. The standard InChI is InChI=1S/C13H25NO5/c1-12(2,3)19-11(16)14-7-6-9-10(8-15)18-13(4,5)17-9/h9-10,15H,6-8H2,1-5H3,(H,14,16)/t9-,10+/m1/s1. The molecule has 1 aliphatic rings. The summed E-state index contributed by atoms with van der Waals surface area (Å²) >= 11 is 0. The number of amides is 1. The van der Waals surface area contributed by atoms with Gasteiger partial charge in [0.2, 0.25) is 0 Å². The Morgan fingerprint density at radius 3 is 2.42 bits per heavy atom. The van der Waals surface area contributed by atoms with E-state index in [-0.39, 0.29) is 18.8 Å². The molecule has 1 amide bonds. The Balaban J connectivity index is 2.31. The van der Waals surface area contributed by atoms with Gasteiger partial charge in [-0.1, -0.05) is 0 Å². The van der Waals surface area contributed by atoms with Crippen LogP contribution in [0.2, 0.25) is 0 Å². The van der Waals surface area contributed by atoms with Crippen molar-refractivity contribution < 1.29 is 24.1 Å². The van der Waals surface area contributed by atoms with E-state index in [4.69, 9.17) is 14.2 Å². The third-order valence-corrected chi connectivity index (χ3v) is 2.56. The second-order valence-electron chi connectivity index (χ2n) is 6.11. The maximum atomic E-state index is 11.5. The van der Waals surface area contributed by atoms with Gasteiger partial charge in [-0.25, -0.2) is 4.79 Å². The Morgan fingerprint density at radius 2 is 1.89 bits per heavy atom. The molecular weight excluding hydrogens is 250 g/mol. The fourth-order valence-corrected chi connectivity index (χ4v) is 1.94. The summed E-state index contributed by atoms with van der Waals surface area (Å²) in [6.07, 6.45) is -0.468. The molecule has 1 heterocycles. The summed E-state index contributed by atoms with van der Waals surface area (Å²) in [4.78, 5) is 11.5. The lowest BCUT2D eigenvalue weighted by Crippen LogP contribution is -2.36. The highest BCUT2D eigenvalue weighted by Gasteiger charge is 2.40. The van der Waals surface area contributed by atoms with E-state index in [1.165, 1.54) is 0 Å². The Kier molecular flexibility index (Phi) is 5.18. The molecule has 0 unspecified atom stereocenters. The minimum Gasteiger partial charge on any atom is -0.444 e. The van der Waals surface area contributed by atoms with E-state index >= 15 is 0 Å². The summed E-state index contributed by atoms with van der Waals surface area (Å²) in [6, 6.07) is 0. The van der Waals surface area contributed by atoms with Gasteiger partial charge in [-0.15, -0.1) is 0 Å². The number of hydrogen-bond acceptors (Lipinski definition) is 5. The molecule has 0 aliphatic carbocycles. The molecule has 6 nitrogen and oxygen atoms in total. The summed E-state index contributed by atoms with van der Waals surface area (Å²) in [6.45, 7) is 9.35. The summed E-state index contributed by atoms with van der Waals surface area (Å²) in [5.74, 6) is -0.690. The lowest BCUT2D eigenvalue weighted by atomic mass is 10.1. The first-order chi connectivity index (χ1) is 8.63. The molecule has 2 N–H and O–H groups in total. The van der Waals surface area contributed by atoms with E-state index in [1.807, 2.05) is 20.8 Å². The molecule has 0 aromatic heterocycles. The highest BCUT2D eigenvalue weighted by atomic mass is 16.8. The average molecular weight is 275 g/mol. The number of ether oxygens (including phenoxy) is 3.